The Kier molecular flexibility index (Phi) is 4.01. The topological polar surface area (TPSA) is 76.3 Å². The summed E-state index contributed by atoms with van der Waals surface area (Å²) in [7, 11) is 0. The first-order valence-corrected chi connectivity index (χ1v) is 8.60. The molecule has 0 aliphatic carbocycles. The number of benzene rings is 2. The van der Waals surface area contributed by atoms with Gasteiger partial charge in [0.05, 0.1) is 16.6 Å². The molecule has 0 saturated heterocycles. The highest BCUT2D eigenvalue weighted by atomic mass is 16.2. The molecule has 0 unspecified atom stereocenters. The van der Waals surface area contributed by atoms with Crippen molar-refractivity contribution in [2.45, 2.75) is 19.4 Å². The Labute approximate surface area is 151 Å². The minimum Gasteiger partial charge on any atom is -0.326 e. The van der Waals surface area contributed by atoms with Crippen molar-refractivity contribution in [3.63, 3.8) is 0 Å². The molecule has 2 N–H and O–H groups in total. The van der Waals surface area contributed by atoms with E-state index >= 15 is 0 Å². The predicted octanol–water partition coefficient (Wildman–Crippen LogP) is 2.71. The number of nitrogens with zero attached hydrogens (tertiary/aromatic N) is 2. The summed E-state index contributed by atoms with van der Waals surface area (Å²) in [6, 6.07) is 16.6. The van der Waals surface area contributed by atoms with Crippen LogP contribution in [0.25, 0.3) is 10.9 Å². The summed E-state index contributed by atoms with van der Waals surface area (Å²) in [5.74, 6) is -0.529. The van der Waals surface area contributed by atoms with Crippen LogP contribution in [0.3, 0.4) is 0 Å². The quantitative estimate of drug-likeness (QED) is 0.738. The second-order valence-corrected chi connectivity index (χ2v) is 6.71. The Hall–Kier alpha value is -3.05. The Morgan fingerprint density at radius 3 is 2.38 bits per heavy atom. The number of hydrogen-bond acceptors (Lipinski definition) is 4. The van der Waals surface area contributed by atoms with Crippen molar-refractivity contribution < 1.29 is 9.59 Å². The first-order chi connectivity index (χ1) is 12.5. The van der Waals surface area contributed by atoms with Gasteiger partial charge in [0.1, 0.15) is 0 Å². The molecule has 26 heavy (non-hydrogen) atoms. The second-order valence-electron chi connectivity index (χ2n) is 6.71. The van der Waals surface area contributed by atoms with Crippen LogP contribution in [0.2, 0.25) is 0 Å². The van der Waals surface area contributed by atoms with E-state index in [9.17, 15) is 9.59 Å². The van der Waals surface area contributed by atoms with Crippen molar-refractivity contribution in [2.24, 2.45) is 5.73 Å². The maximum Gasteiger partial charge on any atom is 0.261 e. The van der Waals surface area contributed by atoms with Crippen molar-refractivity contribution in [3.8, 4) is 0 Å². The number of hydrogen-bond donors (Lipinski definition) is 1. The number of amides is 2. The summed E-state index contributed by atoms with van der Waals surface area (Å²) in [5, 5.41) is 1.06. The smallest absolute Gasteiger partial charge is 0.261 e. The third kappa shape index (κ3) is 2.86. The van der Waals surface area contributed by atoms with Crippen LogP contribution in [0.4, 0.5) is 0 Å². The van der Waals surface area contributed by atoms with Crippen molar-refractivity contribution in [1.29, 1.82) is 0 Å². The van der Waals surface area contributed by atoms with Gasteiger partial charge in [-0.25, -0.2) is 0 Å². The summed E-state index contributed by atoms with van der Waals surface area (Å²) in [4.78, 5) is 30.6. The highest BCUT2D eigenvalue weighted by Crippen LogP contribution is 2.23. The van der Waals surface area contributed by atoms with Crippen LogP contribution >= 0.6 is 0 Å². The van der Waals surface area contributed by atoms with E-state index < -0.39 is 0 Å². The zero-order chi connectivity index (χ0) is 18.3. The molecule has 1 atom stereocenters. The molecule has 5 heteroatoms. The maximum absolute atomic E-state index is 12.4. The zero-order valence-corrected chi connectivity index (χ0v) is 14.5. The van der Waals surface area contributed by atoms with E-state index in [2.05, 4.69) is 11.1 Å². The number of pyridine rings is 1. The van der Waals surface area contributed by atoms with E-state index in [4.69, 9.17) is 5.73 Å². The van der Waals surface area contributed by atoms with Gasteiger partial charge < -0.3 is 5.73 Å². The minimum atomic E-state index is -0.326. The van der Waals surface area contributed by atoms with Gasteiger partial charge in [0, 0.05) is 23.7 Å². The molecule has 2 aromatic carbocycles. The second kappa shape index (κ2) is 6.35. The molecular weight excluding hydrogens is 326 g/mol. The molecule has 0 radical (unpaired) electrons. The molecule has 0 fully saturated rings. The van der Waals surface area contributed by atoms with Gasteiger partial charge in [0.15, 0.2) is 0 Å². The van der Waals surface area contributed by atoms with Gasteiger partial charge in [-0.3, -0.25) is 19.5 Å². The lowest BCUT2D eigenvalue weighted by atomic mass is 10.0. The Bertz CT molecular complexity index is 994. The number of carbonyl (C=O) groups is 2. The third-order valence-corrected chi connectivity index (χ3v) is 4.69. The normalized spacial score (nSPS) is 14.8. The lowest BCUT2D eigenvalue weighted by molar-refractivity contribution is 0.0644. The molecule has 1 aliphatic heterocycles. The van der Waals surface area contributed by atoms with E-state index in [0.717, 1.165) is 22.2 Å². The molecule has 2 amide bonds. The van der Waals surface area contributed by atoms with Crippen molar-refractivity contribution in [1.82, 2.24) is 9.88 Å². The average molecular weight is 345 g/mol. The molecule has 5 nitrogen and oxygen atoms in total. The lowest BCUT2D eigenvalue weighted by Crippen LogP contribution is -2.41. The molecule has 1 aliphatic rings. The number of imide groups is 1. The summed E-state index contributed by atoms with van der Waals surface area (Å²) in [5.41, 5.74) is 10.2. The summed E-state index contributed by atoms with van der Waals surface area (Å²) in [6.07, 6.45) is 0.581. The van der Waals surface area contributed by atoms with E-state index in [1.165, 1.54) is 4.90 Å². The monoisotopic (exact) mass is 345 g/mol. The van der Waals surface area contributed by atoms with Gasteiger partial charge in [0.2, 0.25) is 0 Å². The molecule has 130 valence electrons. The van der Waals surface area contributed by atoms with Gasteiger partial charge in [-0.2, -0.15) is 0 Å². The number of nitrogens with two attached hydrogens (primary N) is 1. The number of carbonyl (C=O) groups excluding carboxylic acids is 2. The molecule has 0 saturated carbocycles. The Morgan fingerprint density at radius 2 is 1.69 bits per heavy atom. The SMILES string of the molecule is Cc1ccc2cc(C[C@H](N)CN3C(=O)c4ccccc4C3=O)ccc2n1. The fourth-order valence-corrected chi connectivity index (χ4v) is 3.41. The molecule has 0 spiro atoms. The van der Waals surface area contributed by atoms with Gasteiger partial charge in [-0.15, -0.1) is 0 Å². The van der Waals surface area contributed by atoms with E-state index in [1.807, 2.05) is 31.2 Å². The number of aromatic nitrogens is 1. The zero-order valence-electron chi connectivity index (χ0n) is 14.5. The van der Waals surface area contributed by atoms with E-state index in [1.54, 1.807) is 24.3 Å². The van der Waals surface area contributed by atoms with Gasteiger partial charge in [-0.1, -0.05) is 24.3 Å². The molecular formula is C21H19N3O2. The van der Waals surface area contributed by atoms with E-state index in [-0.39, 0.29) is 24.4 Å². The molecule has 0 bridgehead atoms. The first kappa shape index (κ1) is 16.4. The first-order valence-electron chi connectivity index (χ1n) is 8.60. The average Bonchev–Trinajstić information content (AvgIpc) is 2.87. The van der Waals surface area contributed by atoms with Gasteiger partial charge >= 0.3 is 0 Å². The van der Waals surface area contributed by atoms with Crippen molar-refractivity contribution >= 4 is 22.7 Å². The Balaban J connectivity index is 1.49. The van der Waals surface area contributed by atoms with Crippen LogP contribution in [0.1, 0.15) is 32.0 Å². The van der Waals surface area contributed by atoms with Gasteiger partial charge in [-0.05, 0) is 49.2 Å². The molecule has 2 heterocycles. The van der Waals surface area contributed by atoms with Crippen LogP contribution in [-0.4, -0.2) is 34.3 Å². The number of fused-ring (bicyclic) bond motifs is 2. The standard InChI is InChI=1S/C21H19N3O2/c1-13-6-8-15-10-14(7-9-19(15)23-13)11-16(22)12-24-20(25)17-4-2-3-5-18(17)21(24)26/h2-10,16H,11-12,22H2,1H3/t16-/m0/s1. The third-order valence-electron chi connectivity index (χ3n) is 4.69. The van der Waals surface area contributed by atoms with Crippen molar-refractivity contribution in [2.75, 3.05) is 6.54 Å². The summed E-state index contributed by atoms with van der Waals surface area (Å²) in [6.45, 7) is 2.17. The summed E-state index contributed by atoms with van der Waals surface area (Å²) >= 11 is 0. The Morgan fingerprint density at radius 1 is 1.00 bits per heavy atom. The molecule has 3 aromatic rings. The largest absolute Gasteiger partial charge is 0.326 e. The number of rotatable bonds is 4. The highest BCUT2D eigenvalue weighted by Gasteiger charge is 2.35. The van der Waals surface area contributed by atoms with E-state index in [0.29, 0.717) is 17.5 Å². The van der Waals surface area contributed by atoms with Gasteiger partial charge in [0.25, 0.3) is 11.8 Å². The predicted molar refractivity (Wildman–Crippen MR) is 100.0 cm³/mol. The van der Waals surface area contributed by atoms with Crippen LogP contribution in [0.5, 0.6) is 0 Å². The molecule has 4 rings (SSSR count). The molecule has 1 aromatic heterocycles. The van der Waals surface area contributed by atoms with Crippen LogP contribution in [0, 0.1) is 6.92 Å². The fraction of sp³-hybridized carbons (Fsp3) is 0.190. The van der Waals surface area contributed by atoms with Crippen LogP contribution in [0.15, 0.2) is 54.6 Å². The lowest BCUT2D eigenvalue weighted by Gasteiger charge is -2.19. The van der Waals surface area contributed by atoms with Crippen molar-refractivity contribution in [3.05, 3.63) is 77.0 Å². The fourth-order valence-electron chi connectivity index (χ4n) is 3.41. The summed E-state index contributed by atoms with van der Waals surface area (Å²) < 4.78 is 0. The minimum absolute atomic E-state index is 0.205. The van der Waals surface area contributed by atoms with Crippen LogP contribution < -0.4 is 5.73 Å². The van der Waals surface area contributed by atoms with Crippen LogP contribution in [-0.2, 0) is 6.42 Å². The number of aryl methyl sites for hydroxylation is 1. The highest BCUT2D eigenvalue weighted by molar-refractivity contribution is 6.21. The maximum atomic E-state index is 12.4.